The standard InChI is InChI=1S/C15H30O/c1-3-4-5-6-7-8-9-10-11-12-13-15(2)14-16/h16H,2-14H2,1H3. The molecule has 0 aliphatic heterocycles. The smallest absolute Gasteiger partial charge is 0.0639 e. The fraction of sp³-hybridized carbons (Fsp3) is 0.867. The summed E-state index contributed by atoms with van der Waals surface area (Å²) in [5, 5.41) is 8.78. The summed E-state index contributed by atoms with van der Waals surface area (Å²) in [5.74, 6) is 0. The lowest BCUT2D eigenvalue weighted by Gasteiger charge is -2.03. The van der Waals surface area contributed by atoms with E-state index in [2.05, 4.69) is 13.5 Å². The van der Waals surface area contributed by atoms with Gasteiger partial charge in [-0.05, 0) is 12.8 Å². The molecule has 0 radical (unpaired) electrons. The normalized spacial score (nSPS) is 10.6. The van der Waals surface area contributed by atoms with Crippen LogP contribution in [-0.2, 0) is 0 Å². The van der Waals surface area contributed by atoms with Crippen molar-refractivity contribution in [2.45, 2.75) is 77.6 Å². The molecule has 96 valence electrons. The maximum absolute atomic E-state index is 8.78. The Morgan fingerprint density at radius 3 is 1.69 bits per heavy atom. The Bertz CT molecular complexity index is 152. The van der Waals surface area contributed by atoms with Crippen LogP contribution in [0.1, 0.15) is 77.6 Å². The van der Waals surface area contributed by atoms with Crippen LogP contribution >= 0.6 is 0 Å². The fourth-order valence-corrected chi connectivity index (χ4v) is 1.94. The summed E-state index contributed by atoms with van der Waals surface area (Å²) < 4.78 is 0. The van der Waals surface area contributed by atoms with E-state index in [-0.39, 0.29) is 6.61 Å². The molecule has 0 bridgehead atoms. The molecular formula is C15H30O. The molecule has 0 aromatic heterocycles. The maximum Gasteiger partial charge on any atom is 0.0639 e. The van der Waals surface area contributed by atoms with Gasteiger partial charge in [0.1, 0.15) is 0 Å². The van der Waals surface area contributed by atoms with Crippen molar-refractivity contribution in [3.05, 3.63) is 12.2 Å². The SMILES string of the molecule is C=C(CO)CCCCCCCCCCCC. The molecule has 0 rings (SSSR count). The summed E-state index contributed by atoms with van der Waals surface area (Å²) in [4.78, 5) is 0. The second kappa shape index (κ2) is 12.8. The van der Waals surface area contributed by atoms with Gasteiger partial charge in [0.15, 0.2) is 0 Å². The highest BCUT2D eigenvalue weighted by atomic mass is 16.3. The van der Waals surface area contributed by atoms with Gasteiger partial charge in [-0.15, -0.1) is 0 Å². The Balaban J connectivity index is 2.96. The molecule has 0 atom stereocenters. The zero-order chi connectivity index (χ0) is 12.1. The maximum atomic E-state index is 8.78. The van der Waals surface area contributed by atoms with Gasteiger partial charge >= 0.3 is 0 Å². The van der Waals surface area contributed by atoms with E-state index in [4.69, 9.17) is 5.11 Å². The number of rotatable bonds is 12. The molecule has 0 aliphatic carbocycles. The van der Waals surface area contributed by atoms with Crippen LogP contribution in [0.25, 0.3) is 0 Å². The van der Waals surface area contributed by atoms with Crippen molar-refractivity contribution < 1.29 is 5.11 Å². The van der Waals surface area contributed by atoms with Crippen LogP contribution in [0.2, 0.25) is 0 Å². The minimum absolute atomic E-state index is 0.164. The summed E-state index contributed by atoms with van der Waals surface area (Å²) in [7, 11) is 0. The van der Waals surface area contributed by atoms with Gasteiger partial charge in [0.05, 0.1) is 6.61 Å². The zero-order valence-corrected chi connectivity index (χ0v) is 11.1. The molecule has 1 nitrogen and oxygen atoms in total. The van der Waals surface area contributed by atoms with Gasteiger partial charge in [0, 0.05) is 0 Å². The van der Waals surface area contributed by atoms with Crippen LogP contribution in [0.5, 0.6) is 0 Å². The summed E-state index contributed by atoms with van der Waals surface area (Å²) in [6.07, 6.45) is 14.7. The van der Waals surface area contributed by atoms with E-state index in [1.165, 1.54) is 64.2 Å². The topological polar surface area (TPSA) is 20.2 Å². The highest BCUT2D eigenvalue weighted by molar-refractivity contribution is 4.92. The average molecular weight is 226 g/mol. The van der Waals surface area contributed by atoms with Crippen molar-refractivity contribution >= 4 is 0 Å². The summed E-state index contributed by atoms with van der Waals surface area (Å²) >= 11 is 0. The number of hydrogen-bond donors (Lipinski definition) is 1. The van der Waals surface area contributed by atoms with Crippen LogP contribution in [0.3, 0.4) is 0 Å². The van der Waals surface area contributed by atoms with Crippen molar-refractivity contribution in [3.63, 3.8) is 0 Å². The highest BCUT2D eigenvalue weighted by Gasteiger charge is 1.94. The minimum atomic E-state index is 0.164. The van der Waals surface area contributed by atoms with Gasteiger partial charge in [-0.1, -0.05) is 76.9 Å². The quantitative estimate of drug-likeness (QED) is 0.373. The molecule has 0 saturated carbocycles. The van der Waals surface area contributed by atoms with Gasteiger partial charge in [-0.25, -0.2) is 0 Å². The Morgan fingerprint density at radius 2 is 1.25 bits per heavy atom. The van der Waals surface area contributed by atoms with Gasteiger partial charge in [-0.2, -0.15) is 0 Å². The molecule has 0 fully saturated rings. The number of unbranched alkanes of at least 4 members (excludes halogenated alkanes) is 9. The first-order chi connectivity index (χ1) is 7.81. The van der Waals surface area contributed by atoms with E-state index in [9.17, 15) is 0 Å². The van der Waals surface area contributed by atoms with E-state index in [0.717, 1.165) is 12.0 Å². The lowest BCUT2D eigenvalue weighted by atomic mass is 10.0. The third-order valence-electron chi connectivity index (χ3n) is 3.11. The molecule has 0 heterocycles. The van der Waals surface area contributed by atoms with Crippen molar-refractivity contribution in [2.75, 3.05) is 6.61 Å². The molecule has 0 unspecified atom stereocenters. The monoisotopic (exact) mass is 226 g/mol. The van der Waals surface area contributed by atoms with Crippen molar-refractivity contribution in [1.82, 2.24) is 0 Å². The third kappa shape index (κ3) is 11.8. The summed E-state index contributed by atoms with van der Waals surface area (Å²) in [6.45, 7) is 6.23. The van der Waals surface area contributed by atoms with Crippen molar-refractivity contribution in [1.29, 1.82) is 0 Å². The second-order valence-electron chi connectivity index (χ2n) is 4.84. The lowest BCUT2D eigenvalue weighted by Crippen LogP contribution is -1.88. The molecular weight excluding hydrogens is 196 g/mol. The van der Waals surface area contributed by atoms with E-state index in [1.54, 1.807) is 0 Å². The zero-order valence-electron chi connectivity index (χ0n) is 11.1. The van der Waals surface area contributed by atoms with Gasteiger partial charge in [0.25, 0.3) is 0 Å². The third-order valence-corrected chi connectivity index (χ3v) is 3.11. The predicted molar refractivity (Wildman–Crippen MR) is 72.7 cm³/mol. The van der Waals surface area contributed by atoms with E-state index < -0.39 is 0 Å². The van der Waals surface area contributed by atoms with Crippen LogP contribution in [0.15, 0.2) is 12.2 Å². The van der Waals surface area contributed by atoms with Crippen LogP contribution in [-0.4, -0.2) is 11.7 Å². The molecule has 0 aromatic carbocycles. The Labute approximate surface area is 102 Å². The molecule has 16 heavy (non-hydrogen) atoms. The molecule has 1 N–H and O–H groups in total. The van der Waals surface area contributed by atoms with Gasteiger partial charge < -0.3 is 5.11 Å². The Hall–Kier alpha value is -0.300. The number of aliphatic hydroxyl groups is 1. The van der Waals surface area contributed by atoms with Crippen LogP contribution < -0.4 is 0 Å². The minimum Gasteiger partial charge on any atom is -0.392 e. The summed E-state index contributed by atoms with van der Waals surface area (Å²) in [6, 6.07) is 0. The lowest BCUT2D eigenvalue weighted by molar-refractivity contribution is 0.326. The second-order valence-corrected chi connectivity index (χ2v) is 4.84. The number of hydrogen-bond acceptors (Lipinski definition) is 1. The van der Waals surface area contributed by atoms with E-state index in [1.807, 2.05) is 0 Å². The molecule has 0 saturated heterocycles. The van der Waals surface area contributed by atoms with E-state index in [0.29, 0.717) is 0 Å². The van der Waals surface area contributed by atoms with Gasteiger partial charge in [-0.3, -0.25) is 0 Å². The van der Waals surface area contributed by atoms with Crippen LogP contribution in [0, 0.1) is 0 Å². The van der Waals surface area contributed by atoms with Crippen molar-refractivity contribution in [2.24, 2.45) is 0 Å². The molecule has 1 heteroatoms. The first-order valence-electron chi connectivity index (χ1n) is 7.08. The van der Waals surface area contributed by atoms with Gasteiger partial charge in [0.2, 0.25) is 0 Å². The molecule has 0 aromatic rings. The first kappa shape index (κ1) is 15.7. The molecule has 0 spiro atoms. The summed E-state index contributed by atoms with van der Waals surface area (Å²) in [5.41, 5.74) is 0.986. The highest BCUT2D eigenvalue weighted by Crippen LogP contribution is 2.12. The largest absolute Gasteiger partial charge is 0.392 e. The van der Waals surface area contributed by atoms with Crippen molar-refractivity contribution in [3.8, 4) is 0 Å². The fourth-order valence-electron chi connectivity index (χ4n) is 1.94. The Morgan fingerprint density at radius 1 is 0.812 bits per heavy atom. The first-order valence-corrected chi connectivity index (χ1v) is 7.08. The predicted octanol–water partition coefficient (Wildman–Crippen LogP) is 4.85. The molecule has 0 aliphatic rings. The Kier molecular flexibility index (Phi) is 12.5. The average Bonchev–Trinajstić information content (AvgIpc) is 2.31. The van der Waals surface area contributed by atoms with Crippen LogP contribution in [0.4, 0.5) is 0 Å². The van der Waals surface area contributed by atoms with E-state index >= 15 is 0 Å². The number of aliphatic hydroxyl groups excluding tert-OH is 1. The molecule has 0 amide bonds.